The van der Waals surface area contributed by atoms with Gasteiger partial charge in [0.25, 0.3) is 0 Å². The van der Waals surface area contributed by atoms with Crippen molar-refractivity contribution in [2.75, 3.05) is 18.9 Å². The van der Waals surface area contributed by atoms with Crippen LogP contribution < -0.4 is 5.32 Å². The fourth-order valence-corrected chi connectivity index (χ4v) is 1.83. The average molecular weight is 287 g/mol. The summed E-state index contributed by atoms with van der Waals surface area (Å²) in [4.78, 5) is 13.8. The van der Waals surface area contributed by atoms with Gasteiger partial charge in [-0.25, -0.2) is 4.39 Å². The van der Waals surface area contributed by atoms with E-state index >= 15 is 0 Å². The van der Waals surface area contributed by atoms with Crippen molar-refractivity contribution < 1.29 is 9.18 Å². The molecule has 0 radical (unpaired) electrons. The van der Waals surface area contributed by atoms with Gasteiger partial charge in [-0.3, -0.25) is 9.69 Å². The van der Waals surface area contributed by atoms with Crippen molar-refractivity contribution in [3.8, 4) is 0 Å². The van der Waals surface area contributed by atoms with Crippen LogP contribution in [0.3, 0.4) is 0 Å². The Bertz CT molecular complexity index is 451. The van der Waals surface area contributed by atoms with E-state index in [4.69, 9.17) is 11.6 Å². The Morgan fingerprint density at radius 2 is 2.05 bits per heavy atom. The second-order valence-corrected chi connectivity index (χ2v) is 5.48. The normalized spacial score (nSPS) is 12.8. The fourth-order valence-electron chi connectivity index (χ4n) is 1.65. The number of nitrogens with zero attached hydrogens (tertiary/aromatic N) is 1. The highest BCUT2D eigenvalue weighted by Crippen LogP contribution is 2.19. The average Bonchev–Trinajstić information content (AvgIpc) is 2.32. The highest BCUT2D eigenvalue weighted by Gasteiger charge is 2.16. The Kier molecular flexibility index (Phi) is 5.76. The molecule has 3 nitrogen and oxygen atoms in total. The minimum atomic E-state index is -0.495. The molecule has 0 saturated heterocycles. The first-order chi connectivity index (χ1) is 8.81. The summed E-state index contributed by atoms with van der Waals surface area (Å²) in [7, 11) is 1.90. The third-order valence-corrected chi connectivity index (χ3v) is 3.55. The molecule has 1 rings (SSSR count). The molecule has 0 bridgehead atoms. The lowest BCUT2D eigenvalue weighted by Gasteiger charge is -2.27. The summed E-state index contributed by atoms with van der Waals surface area (Å²) in [6.45, 7) is 6.58. The van der Waals surface area contributed by atoms with Gasteiger partial charge in [0.05, 0.1) is 11.6 Å². The first kappa shape index (κ1) is 15.9. The molecule has 1 atom stereocenters. The van der Waals surface area contributed by atoms with E-state index in [0.29, 0.717) is 17.6 Å². The van der Waals surface area contributed by atoms with Crippen molar-refractivity contribution in [3.05, 3.63) is 29.0 Å². The van der Waals surface area contributed by atoms with E-state index in [0.717, 1.165) is 0 Å². The van der Waals surface area contributed by atoms with Crippen LogP contribution in [-0.2, 0) is 4.79 Å². The number of halogens is 2. The van der Waals surface area contributed by atoms with Gasteiger partial charge in [0, 0.05) is 11.7 Å². The number of rotatable bonds is 5. The van der Waals surface area contributed by atoms with E-state index < -0.39 is 5.82 Å². The molecular weight excluding hydrogens is 267 g/mol. The van der Waals surface area contributed by atoms with E-state index in [1.807, 2.05) is 11.9 Å². The first-order valence-electron chi connectivity index (χ1n) is 6.26. The van der Waals surface area contributed by atoms with Crippen LogP contribution in [0.15, 0.2) is 18.2 Å². The molecular formula is C14H20ClFN2O. The Morgan fingerprint density at radius 1 is 1.42 bits per heavy atom. The van der Waals surface area contributed by atoms with Crippen LogP contribution in [0.2, 0.25) is 5.02 Å². The predicted octanol–water partition coefficient (Wildman–Crippen LogP) is 3.39. The maximum atomic E-state index is 13.0. The van der Waals surface area contributed by atoms with Crippen LogP contribution in [-0.4, -0.2) is 30.4 Å². The zero-order valence-electron chi connectivity index (χ0n) is 11.7. The van der Waals surface area contributed by atoms with E-state index in [9.17, 15) is 9.18 Å². The predicted molar refractivity (Wildman–Crippen MR) is 77.0 cm³/mol. The maximum Gasteiger partial charge on any atom is 0.238 e. The lowest BCUT2D eigenvalue weighted by molar-refractivity contribution is -0.117. The SMILES string of the molecule is CC(C)[C@H](C)N(C)CC(=O)Nc1ccc(F)c(Cl)c1. The molecule has 0 aliphatic rings. The van der Waals surface area contributed by atoms with Gasteiger partial charge in [-0.1, -0.05) is 25.4 Å². The molecule has 1 amide bonds. The second kappa shape index (κ2) is 6.87. The summed E-state index contributed by atoms with van der Waals surface area (Å²) < 4.78 is 13.0. The van der Waals surface area contributed by atoms with Gasteiger partial charge in [0.1, 0.15) is 5.82 Å². The quantitative estimate of drug-likeness (QED) is 0.900. The molecule has 19 heavy (non-hydrogen) atoms. The Morgan fingerprint density at radius 3 is 2.58 bits per heavy atom. The van der Waals surface area contributed by atoms with Crippen LogP contribution >= 0.6 is 11.6 Å². The summed E-state index contributed by atoms with van der Waals surface area (Å²) in [5.41, 5.74) is 0.502. The molecule has 0 aliphatic heterocycles. The minimum absolute atomic E-state index is 0.00158. The highest BCUT2D eigenvalue weighted by atomic mass is 35.5. The number of likely N-dealkylation sites (N-methyl/N-ethyl adjacent to an activating group) is 1. The molecule has 0 aromatic heterocycles. The molecule has 0 aliphatic carbocycles. The summed E-state index contributed by atoms with van der Waals surface area (Å²) in [6, 6.07) is 4.44. The zero-order chi connectivity index (χ0) is 14.6. The van der Waals surface area contributed by atoms with E-state index in [1.54, 1.807) is 0 Å². The number of carbonyl (C=O) groups excluding carboxylic acids is 1. The molecule has 0 saturated carbocycles. The molecule has 0 fully saturated rings. The minimum Gasteiger partial charge on any atom is -0.325 e. The molecule has 0 heterocycles. The first-order valence-corrected chi connectivity index (χ1v) is 6.64. The van der Waals surface area contributed by atoms with Gasteiger partial charge in [0.15, 0.2) is 0 Å². The van der Waals surface area contributed by atoms with Gasteiger partial charge >= 0.3 is 0 Å². The van der Waals surface area contributed by atoms with Crippen LogP contribution in [0.4, 0.5) is 10.1 Å². The van der Waals surface area contributed by atoms with Gasteiger partial charge in [-0.05, 0) is 38.1 Å². The van der Waals surface area contributed by atoms with Crippen molar-refractivity contribution >= 4 is 23.2 Å². The fraction of sp³-hybridized carbons (Fsp3) is 0.500. The van der Waals surface area contributed by atoms with E-state index in [2.05, 4.69) is 26.1 Å². The molecule has 106 valence electrons. The summed E-state index contributed by atoms with van der Waals surface area (Å²) in [5.74, 6) is -0.166. The number of hydrogen-bond donors (Lipinski definition) is 1. The van der Waals surface area contributed by atoms with Gasteiger partial charge in [-0.15, -0.1) is 0 Å². The summed E-state index contributed by atoms with van der Waals surface area (Å²) in [5, 5.41) is 2.70. The molecule has 1 N–H and O–H groups in total. The van der Waals surface area contributed by atoms with Crippen molar-refractivity contribution in [1.29, 1.82) is 0 Å². The topological polar surface area (TPSA) is 32.3 Å². The Hall–Kier alpha value is -1.13. The smallest absolute Gasteiger partial charge is 0.238 e. The molecule has 1 aromatic rings. The van der Waals surface area contributed by atoms with E-state index in [1.165, 1.54) is 18.2 Å². The molecule has 0 spiro atoms. The monoisotopic (exact) mass is 286 g/mol. The van der Waals surface area contributed by atoms with Gasteiger partial charge in [0.2, 0.25) is 5.91 Å². The highest BCUT2D eigenvalue weighted by molar-refractivity contribution is 6.31. The number of amides is 1. The van der Waals surface area contributed by atoms with Gasteiger partial charge < -0.3 is 5.32 Å². The maximum absolute atomic E-state index is 13.0. The summed E-state index contributed by atoms with van der Waals surface area (Å²) in [6.07, 6.45) is 0. The number of carbonyl (C=O) groups is 1. The van der Waals surface area contributed by atoms with Crippen LogP contribution in [0.1, 0.15) is 20.8 Å². The standard InChI is InChI=1S/C14H20ClFN2O/c1-9(2)10(3)18(4)8-14(19)17-11-5-6-13(16)12(15)7-11/h5-7,9-10H,8H2,1-4H3,(H,17,19)/t10-/m0/s1. The third kappa shape index (κ3) is 4.80. The van der Waals surface area contributed by atoms with Crippen LogP contribution in [0.25, 0.3) is 0 Å². The van der Waals surface area contributed by atoms with Crippen LogP contribution in [0.5, 0.6) is 0 Å². The van der Waals surface area contributed by atoms with E-state index in [-0.39, 0.29) is 17.5 Å². The number of benzene rings is 1. The zero-order valence-corrected chi connectivity index (χ0v) is 12.5. The van der Waals surface area contributed by atoms with Crippen LogP contribution in [0, 0.1) is 11.7 Å². The molecule has 1 aromatic carbocycles. The third-order valence-electron chi connectivity index (χ3n) is 3.26. The number of nitrogens with one attached hydrogen (secondary N) is 1. The largest absolute Gasteiger partial charge is 0.325 e. The van der Waals surface area contributed by atoms with Gasteiger partial charge in [-0.2, -0.15) is 0 Å². The number of hydrogen-bond acceptors (Lipinski definition) is 2. The molecule has 0 unspecified atom stereocenters. The lowest BCUT2D eigenvalue weighted by Crippen LogP contribution is -2.39. The molecule has 5 heteroatoms. The lowest BCUT2D eigenvalue weighted by atomic mass is 10.1. The van der Waals surface area contributed by atoms with Crippen molar-refractivity contribution in [3.63, 3.8) is 0 Å². The Balaban J connectivity index is 2.58. The number of anilines is 1. The van der Waals surface area contributed by atoms with Crippen molar-refractivity contribution in [1.82, 2.24) is 4.90 Å². The van der Waals surface area contributed by atoms with Crippen molar-refractivity contribution in [2.24, 2.45) is 5.92 Å². The summed E-state index contributed by atoms with van der Waals surface area (Å²) >= 11 is 5.66. The second-order valence-electron chi connectivity index (χ2n) is 5.08. The van der Waals surface area contributed by atoms with Crippen molar-refractivity contribution in [2.45, 2.75) is 26.8 Å². The Labute approximate surface area is 118 Å².